The molecule has 2 heterocycles. The molecule has 0 aliphatic carbocycles. The predicted octanol–water partition coefficient (Wildman–Crippen LogP) is 7.13. The third kappa shape index (κ3) is 3.14. The first-order chi connectivity index (χ1) is 18.8. The van der Waals surface area contributed by atoms with E-state index in [-0.39, 0.29) is 0 Å². The smallest absolute Gasteiger partial charge is 0.114 e. The minimum atomic E-state index is 0.876. The molecule has 2 aromatic heterocycles. The fourth-order valence-electron chi connectivity index (χ4n) is 5.36. The molecule has 0 N–H and O–H groups in total. The summed E-state index contributed by atoms with van der Waals surface area (Å²) in [5.74, 6) is 0. The summed E-state index contributed by atoms with van der Waals surface area (Å²) in [5, 5.41) is 22.5. The monoisotopic (exact) mass is 488 g/mol. The Morgan fingerprint density at radius 3 is 1.39 bits per heavy atom. The zero-order valence-electron chi connectivity index (χ0n) is 20.2. The Balaban J connectivity index is 1.27. The van der Waals surface area contributed by atoms with Crippen LogP contribution in [0.15, 0.2) is 121 Å². The van der Waals surface area contributed by atoms with E-state index in [2.05, 4.69) is 130 Å². The molecule has 0 radical (unpaired) electrons. The van der Waals surface area contributed by atoms with Crippen molar-refractivity contribution in [1.29, 1.82) is 0 Å². The lowest BCUT2D eigenvalue weighted by Crippen LogP contribution is -1.99. The van der Waals surface area contributed by atoms with Gasteiger partial charge in [0.1, 0.15) is 22.1 Å². The minimum absolute atomic E-state index is 0.876. The topological polar surface area (TPSA) is 61.4 Å². The van der Waals surface area contributed by atoms with Crippen molar-refractivity contribution in [3.05, 3.63) is 121 Å². The first-order valence-corrected chi connectivity index (χ1v) is 12.5. The summed E-state index contributed by atoms with van der Waals surface area (Å²) in [6.07, 6.45) is 0. The van der Waals surface area contributed by atoms with Gasteiger partial charge in [-0.05, 0) is 58.3 Å². The third-order valence-corrected chi connectivity index (χ3v) is 7.18. The fraction of sp³-hybridized carbons (Fsp3) is 0. The predicted molar refractivity (Wildman–Crippen MR) is 152 cm³/mol. The van der Waals surface area contributed by atoms with Crippen LogP contribution in [0.3, 0.4) is 0 Å². The first kappa shape index (κ1) is 20.8. The molecule has 178 valence electrons. The van der Waals surface area contributed by atoms with Gasteiger partial charge in [-0.2, -0.15) is 0 Å². The van der Waals surface area contributed by atoms with Crippen LogP contribution in [0.2, 0.25) is 0 Å². The van der Waals surface area contributed by atoms with Crippen LogP contribution in [0.5, 0.6) is 0 Å². The molecule has 0 atom stereocenters. The van der Waals surface area contributed by atoms with Crippen LogP contribution in [0.25, 0.3) is 66.1 Å². The van der Waals surface area contributed by atoms with Crippen molar-refractivity contribution in [3.8, 4) is 22.5 Å². The van der Waals surface area contributed by atoms with Gasteiger partial charge in [0.05, 0.1) is 11.4 Å². The van der Waals surface area contributed by atoms with Crippen molar-refractivity contribution in [1.82, 2.24) is 30.0 Å². The number of fused-ring (bicyclic) bond motifs is 6. The van der Waals surface area contributed by atoms with Gasteiger partial charge in [-0.3, -0.25) is 0 Å². The van der Waals surface area contributed by atoms with Crippen molar-refractivity contribution in [3.63, 3.8) is 0 Å². The molecule has 0 bridgehead atoms. The van der Waals surface area contributed by atoms with Crippen LogP contribution in [-0.4, -0.2) is 30.0 Å². The summed E-state index contributed by atoms with van der Waals surface area (Å²) in [6, 6.07) is 41.8. The van der Waals surface area contributed by atoms with Crippen molar-refractivity contribution in [2.75, 3.05) is 0 Å². The minimum Gasteiger partial charge on any atom is -0.212 e. The molecule has 6 aromatic carbocycles. The summed E-state index contributed by atoms with van der Waals surface area (Å²) in [7, 11) is 0. The standard InChI is InChI=1S/C32H20N6/c1-3-13-27-21(7-1)15-17-29-31(27)37(35-33-29)25-11-5-9-23(19-25)24-10-6-12-26(20-24)38-32-28-14-4-2-8-22(28)16-18-30(32)34-36-38/h1-20H. The molecule has 0 aliphatic heterocycles. The van der Waals surface area contributed by atoms with Crippen molar-refractivity contribution in [2.45, 2.75) is 0 Å². The maximum Gasteiger partial charge on any atom is 0.114 e. The second kappa shape index (κ2) is 8.08. The fourth-order valence-corrected chi connectivity index (χ4v) is 5.36. The van der Waals surface area contributed by atoms with Gasteiger partial charge in [0, 0.05) is 10.8 Å². The van der Waals surface area contributed by atoms with Gasteiger partial charge >= 0.3 is 0 Å². The van der Waals surface area contributed by atoms with Crippen LogP contribution in [0, 0.1) is 0 Å². The molecule has 8 rings (SSSR count). The molecular weight excluding hydrogens is 468 g/mol. The second-order valence-electron chi connectivity index (χ2n) is 9.41. The van der Waals surface area contributed by atoms with Crippen LogP contribution in [0.1, 0.15) is 0 Å². The summed E-state index contributed by atoms with van der Waals surface area (Å²) in [6.45, 7) is 0. The quantitative estimate of drug-likeness (QED) is 0.265. The number of hydrogen-bond acceptors (Lipinski definition) is 4. The Labute approximate surface area is 217 Å². The van der Waals surface area contributed by atoms with Gasteiger partial charge in [-0.15, -0.1) is 10.2 Å². The Morgan fingerprint density at radius 1 is 0.421 bits per heavy atom. The van der Waals surface area contributed by atoms with E-state index in [1.54, 1.807) is 0 Å². The highest BCUT2D eigenvalue weighted by Gasteiger charge is 2.13. The van der Waals surface area contributed by atoms with E-state index in [0.717, 1.165) is 55.3 Å². The Bertz CT molecular complexity index is 2000. The average molecular weight is 489 g/mol. The molecule has 6 heteroatoms. The third-order valence-electron chi connectivity index (χ3n) is 7.18. The lowest BCUT2D eigenvalue weighted by Gasteiger charge is -2.10. The first-order valence-electron chi connectivity index (χ1n) is 12.5. The van der Waals surface area contributed by atoms with Gasteiger partial charge in [0.2, 0.25) is 0 Å². The number of rotatable bonds is 3. The molecule has 38 heavy (non-hydrogen) atoms. The van der Waals surface area contributed by atoms with E-state index in [1.807, 2.05) is 21.5 Å². The molecule has 0 aliphatic rings. The maximum absolute atomic E-state index is 4.52. The number of benzene rings is 6. The number of hydrogen-bond donors (Lipinski definition) is 0. The van der Waals surface area contributed by atoms with Crippen molar-refractivity contribution in [2.24, 2.45) is 0 Å². The molecule has 0 amide bonds. The number of aromatic nitrogens is 6. The largest absolute Gasteiger partial charge is 0.212 e. The molecule has 0 saturated heterocycles. The molecular formula is C32H20N6. The number of nitrogens with zero attached hydrogens (tertiary/aromatic N) is 6. The molecule has 6 nitrogen and oxygen atoms in total. The molecule has 0 spiro atoms. The van der Waals surface area contributed by atoms with Gasteiger partial charge < -0.3 is 0 Å². The molecule has 0 saturated carbocycles. The summed E-state index contributed by atoms with van der Waals surface area (Å²) in [5.41, 5.74) is 7.87. The van der Waals surface area contributed by atoms with Gasteiger partial charge in [-0.25, -0.2) is 9.36 Å². The van der Waals surface area contributed by atoms with E-state index in [9.17, 15) is 0 Å². The lowest BCUT2D eigenvalue weighted by molar-refractivity contribution is 0.824. The van der Waals surface area contributed by atoms with Crippen molar-refractivity contribution >= 4 is 43.6 Å². The Hall–Kier alpha value is -5.36. The summed E-state index contributed by atoms with van der Waals surface area (Å²) >= 11 is 0. The van der Waals surface area contributed by atoms with Crippen LogP contribution < -0.4 is 0 Å². The lowest BCUT2D eigenvalue weighted by atomic mass is 10.0. The van der Waals surface area contributed by atoms with E-state index in [1.165, 1.54) is 10.8 Å². The van der Waals surface area contributed by atoms with E-state index in [4.69, 9.17) is 0 Å². The SMILES string of the molecule is c1cc(-c2cccc(-n3nnc4ccc5ccccc5c43)c2)cc(-n2nnc3ccc4ccccc4c32)c1. The highest BCUT2D eigenvalue weighted by molar-refractivity contribution is 6.05. The van der Waals surface area contributed by atoms with Gasteiger partial charge in [0.15, 0.2) is 0 Å². The Morgan fingerprint density at radius 2 is 0.895 bits per heavy atom. The van der Waals surface area contributed by atoms with Gasteiger partial charge in [0.25, 0.3) is 0 Å². The molecule has 0 fully saturated rings. The normalized spacial score (nSPS) is 11.7. The van der Waals surface area contributed by atoms with Gasteiger partial charge in [-0.1, -0.05) is 95.4 Å². The van der Waals surface area contributed by atoms with E-state index < -0.39 is 0 Å². The van der Waals surface area contributed by atoms with Crippen molar-refractivity contribution < 1.29 is 0 Å². The van der Waals surface area contributed by atoms with Crippen LogP contribution in [0.4, 0.5) is 0 Å². The van der Waals surface area contributed by atoms with Crippen LogP contribution >= 0.6 is 0 Å². The molecule has 8 aromatic rings. The van der Waals surface area contributed by atoms with Crippen LogP contribution in [-0.2, 0) is 0 Å². The summed E-state index contributed by atoms with van der Waals surface area (Å²) < 4.78 is 3.87. The highest BCUT2D eigenvalue weighted by Crippen LogP contribution is 2.30. The highest BCUT2D eigenvalue weighted by atomic mass is 15.4. The molecule has 0 unspecified atom stereocenters. The zero-order chi connectivity index (χ0) is 25.1. The second-order valence-corrected chi connectivity index (χ2v) is 9.41. The van der Waals surface area contributed by atoms with E-state index in [0.29, 0.717) is 0 Å². The summed E-state index contributed by atoms with van der Waals surface area (Å²) in [4.78, 5) is 0. The maximum atomic E-state index is 4.52. The zero-order valence-corrected chi connectivity index (χ0v) is 20.2. The van der Waals surface area contributed by atoms with E-state index >= 15 is 0 Å². The average Bonchev–Trinajstić information content (AvgIpc) is 3.63. The Kier molecular flexibility index (Phi) is 4.42.